The molecule has 0 spiro atoms. The van der Waals surface area contributed by atoms with E-state index in [2.05, 4.69) is 10.3 Å². The highest BCUT2D eigenvalue weighted by molar-refractivity contribution is 7.15. The van der Waals surface area contributed by atoms with Crippen LogP contribution < -0.4 is 10.1 Å². The van der Waals surface area contributed by atoms with E-state index in [0.29, 0.717) is 16.4 Å². The van der Waals surface area contributed by atoms with Gasteiger partial charge in [0.1, 0.15) is 5.75 Å². The van der Waals surface area contributed by atoms with Crippen LogP contribution in [0, 0.1) is 0 Å². The van der Waals surface area contributed by atoms with Crippen LogP contribution in [0.4, 0.5) is 5.13 Å². The minimum absolute atomic E-state index is 0.00103. The lowest BCUT2D eigenvalue weighted by Gasteiger charge is -2.06. The molecule has 1 N–H and O–H groups in total. The van der Waals surface area contributed by atoms with Crippen molar-refractivity contribution in [3.05, 3.63) is 40.4 Å². The first-order valence-electron chi connectivity index (χ1n) is 7.14. The van der Waals surface area contributed by atoms with Crippen LogP contribution in [0.3, 0.4) is 0 Å². The molecular weight excluding hydrogens is 300 g/mol. The molecule has 3 rings (SSSR count). The van der Waals surface area contributed by atoms with Crippen LogP contribution in [0.2, 0.25) is 0 Å². The molecule has 0 saturated carbocycles. The second-order valence-corrected chi connectivity index (χ2v) is 6.24. The van der Waals surface area contributed by atoms with Crippen molar-refractivity contribution < 1.29 is 14.3 Å². The predicted molar refractivity (Wildman–Crippen MR) is 84.7 cm³/mol. The first-order chi connectivity index (χ1) is 10.6. The van der Waals surface area contributed by atoms with Crippen LogP contribution >= 0.6 is 11.3 Å². The summed E-state index contributed by atoms with van der Waals surface area (Å²) in [5.74, 6) is 0.325. The Hall–Kier alpha value is -2.21. The maximum absolute atomic E-state index is 11.9. The van der Waals surface area contributed by atoms with E-state index >= 15 is 0 Å². The van der Waals surface area contributed by atoms with E-state index in [4.69, 9.17) is 4.74 Å². The number of rotatable bonds is 5. The number of nitrogens with one attached hydrogen (secondary N) is 1. The van der Waals surface area contributed by atoms with E-state index in [0.717, 1.165) is 25.0 Å². The van der Waals surface area contributed by atoms with E-state index in [-0.39, 0.29) is 18.3 Å². The molecule has 1 amide bonds. The van der Waals surface area contributed by atoms with Crippen LogP contribution in [0.15, 0.2) is 24.3 Å². The fraction of sp³-hybridized carbons (Fsp3) is 0.312. The Balaban J connectivity index is 1.52. The number of fused-ring (bicyclic) bond motifs is 1. The van der Waals surface area contributed by atoms with Gasteiger partial charge in [-0.25, -0.2) is 4.98 Å². The summed E-state index contributed by atoms with van der Waals surface area (Å²) in [5.41, 5.74) is 1.73. The normalized spacial score (nSPS) is 12.8. The second kappa shape index (κ2) is 6.27. The van der Waals surface area contributed by atoms with Crippen LogP contribution in [0.1, 0.15) is 34.3 Å². The molecule has 6 heteroatoms. The number of nitrogens with zero attached hydrogens (tertiary/aromatic N) is 1. The number of thiazole rings is 1. The molecule has 0 unspecified atom stereocenters. The fourth-order valence-corrected chi connectivity index (χ4v) is 3.40. The molecule has 1 aromatic heterocycles. The number of aromatic nitrogens is 1. The number of carbonyl (C=O) groups is 2. The maximum Gasteiger partial charge on any atom is 0.264 e. The van der Waals surface area contributed by atoms with Crippen molar-refractivity contribution in [2.24, 2.45) is 0 Å². The summed E-state index contributed by atoms with van der Waals surface area (Å²) in [4.78, 5) is 28.7. The number of benzene rings is 1. The second-order valence-electron chi connectivity index (χ2n) is 5.16. The minimum atomic E-state index is -0.233. The van der Waals surface area contributed by atoms with Crippen molar-refractivity contribution in [1.82, 2.24) is 4.98 Å². The lowest BCUT2D eigenvalue weighted by Crippen LogP contribution is -2.20. The van der Waals surface area contributed by atoms with Gasteiger partial charge in [0.05, 0.1) is 5.69 Å². The molecule has 1 heterocycles. The molecule has 0 saturated heterocycles. The summed E-state index contributed by atoms with van der Waals surface area (Å²) in [6, 6.07) is 6.73. The predicted octanol–water partition coefficient (Wildman–Crippen LogP) is 2.85. The molecule has 5 nitrogen and oxygen atoms in total. The van der Waals surface area contributed by atoms with E-state index in [1.807, 2.05) is 0 Å². The van der Waals surface area contributed by atoms with E-state index in [1.165, 1.54) is 11.8 Å². The summed E-state index contributed by atoms with van der Waals surface area (Å²) >= 11 is 1.54. The quantitative estimate of drug-likeness (QED) is 0.861. The SMILES string of the molecule is CC(=O)c1ccc(OCC(=O)Nc2nc3c(s2)CCC3)cc1. The number of hydrogen-bond donors (Lipinski definition) is 1. The average molecular weight is 316 g/mol. The third-order valence-corrected chi connectivity index (χ3v) is 4.55. The molecule has 2 aromatic rings. The number of aryl methyl sites for hydroxylation is 2. The van der Waals surface area contributed by atoms with Gasteiger partial charge in [0.15, 0.2) is 17.5 Å². The summed E-state index contributed by atoms with van der Waals surface area (Å²) in [5, 5.41) is 3.40. The highest BCUT2D eigenvalue weighted by Crippen LogP contribution is 2.30. The first kappa shape index (κ1) is 14.7. The Morgan fingerprint density at radius 2 is 2.05 bits per heavy atom. The van der Waals surface area contributed by atoms with Crippen molar-refractivity contribution in [1.29, 1.82) is 0 Å². The number of ether oxygens (including phenoxy) is 1. The molecule has 22 heavy (non-hydrogen) atoms. The van der Waals surface area contributed by atoms with Crippen molar-refractivity contribution >= 4 is 28.2 Å². The zero-order valence-electron chi connectivity index (χ0n) is 12.2. The number of Topliss-reactive ketones (excluding diaryl/α,β-unsaturated/α-hetero) is 1. The fourth-order valence-electron chi connectivity index (χ4n) is 2.33. The zero-order valence-corrected chi connectivity index (χ0v) is 13.0. The van der Waals surface area contributed by atoms with E-state index in [1.54, 1.807) is 35.6 Å². The molecule has 114 valence electrons. The molecule has 1 aliphatic carbocycles. The third-order valence-electron chi connectivity index (χ3n) is 3.47. The Morgan fingerprint density at radius 1 is 1.27 bits per heavy atom. The highest BCUT2D eigenvalue weighted by atomic mass is 32.1. The Morgan fingerprint density at radius 3 is 2.73 bits per heavy atom. The van der Waals surface area contributed by atoms with Gasteiger partial charge in [-0.2, -0.15) is 0 Å². The van der Waals surface area contributed by atoms with Gasteiger partial charge in [0.2, 0.25) is 0 Å². The number of carbonyl (C=O) groups excluding carboxylic acids is 2. The van der Waals surface area contributed by atoms with Crippen LogP contribution in [0.5, 0.6) is 5.75 Å². The lowest BCUT2D eigenvalue weighted by atomic mass is 10.1. The first-order valence-corrected chi connectivity index (χ1v) is 7.96. The van der Waals surface area contributed by atoms with Crippen LogP contribution in [-0.4, -0.2) is 23.3 Å². The summed E-state index contributed by atoms with van der Waals surface area (Å²) < 4.78 is 5.41. The summed E-state index contributed by atoms with van der Waals surface area (Å²) in [6.07, 6.45) is 3.21. The molecule has 1 aliphatic rings. The summed E-state index contributed by atoms with van der Waals surface area (Å²) in [7, 11) is 0. The van der Waals surface area contributed by atoms with Gasteiger partial charge in [0, 0.05) is 10.4 Å². The Labute approximate surface area is 132 Å². The number of amides is 1. The van der Waals surface area contributed by atoms with E-state index < -0.39 is 0 Å². The number of ketones is 1. The third kappa shape index (κ3) is 3.33. The smallest absolute Gasteiger partial charge is 0.264 e. The molecular formula is C16H16N2O3S. The topological polar surface area (TPSA) is 68.3 Å². The monoisotopic (exact) mass is 316 g/mol. The molecule has 0 aliphatic heterocycles. The molecule has 0 fully saturated rings. The largest absolute Gasteiger partial charge is 0.484 e. The lowest BCUT2D eigenvalue weighted by molar-refractivity contribution is -0.118. The minimum Gasteiger partial charge on any atom is -0.484 e. The van der Waals surface area contributed by atoms with Gasteiger partial charge < -0.3 is 4.74 Å². The van der Waals surface area contributed by atoms with Crippen LogP contribution in [0.25, 0.3) is 0 Å². The Kier molecular flexibility index (Phi) is 4.20. The van der Waals surface area contributed by atoms with Gasteiger partial charge in [-0.1, -0.05) is 0 Å². The maximum atomic E-state index is 11.9. The summed E-state index contributed by atoms with van der Waals surface area (Å²) in [6.45, 7) is 1.43. The average Bonchev–Trinajstić information content (AvgIpc) is 3.06. The zero-order chi connectivity index (χ0) is 15.5. The highest BCUT2D eigenvalue weighted by Gasteiger charge is 2.17. The molecule has 0 atom stereocenters. The van der Waals surface area contributed by atoms with Gasteiger partial charge in [-0.15, -0.1) is 11.3 Å². The van der Waals surface area contributed by atoms with Crippen LogP contribution in [-0.2, 0) is 17.6 Å². The van der Waals surface area contributed by atoms with Gasteiger partial charge >= 0.3 is 0 Å². The van der Waals surface area contributed by atoms with Gasteiger partial charge in [0.25, 0.3) is 5.91 Å². The van der Waals surface area contributed by atoms with Gasteiger partial charge in [-0.3, -0.25) is 14.9 Å². The van der Waals surface area contributed by atoms with E-state index in [9.17, 15) is 9.59 Å². The van der Waals surface area contributed by atoms with Crippen molar-refractivity contribution in [3.8, 4) is 5.75 Å². The van der Waals surface area contributed by atoms with Crippen molar-refractivity contribution in [3.63, 3.8) is 0 Å². The Bertz CT molecular complexity index is 685. The standard InChI is InChI=1S/C16H16N2O3S/c1-10(19)11-5-7-12(8-6-11)21-9-15(20)18-16-17-13-3-2-4-14(13)22-16/h5-8H,2-4,9H2,1H3,(H,17,18,20). The van der Waals surface area contributed by atoms with Crippen molar-refractivity contribution in [2.45, 2.75) is 26.2 Å². The number of hydrogen-bond acceptors (Lipinski definition) is 5. The molecule has 1 aromatic carbocycles. The molecule has 0 radical (unpaired) electrons. The number of anilines is 1. The molecule has 0 bridgehead atoms. The van der Waals surface area contributed by atoms with Gasteiger partial charge in [-0.05, 0) is 50.5 Å². The van der Waals surface area contributed by atoms with Crippen molar-refractivity contribution in [2.75, 3.05) is 11.9 Å².